The lowest BCUT2D eigenvalue weighted by Crippen LogP contribution is -2.23. The summed E-state index contributed by atoms with van der Waals surface area (Å²) in [5, 5.41) is 3.03. The average Bonchev–Trinajstić information content (AvgIpc) is 3.00. The minimum atomic E-state index is 0.0875. The van der Waals surface area contributed by atoms with Gasteiger partial charge in [0.25, 0.3) is 0 Å². The van der Waals surface area contributed by atoms with Crippen molar-refractivity contribution in [3.63, 3.8) is 0 Å². The van der Waals surface area contributed by atoms with E-state index in [9.17, 15) is 4.79 Å². The summed E-state index contributed by atoms with van der Waals surface area (Å²) >= 11 is 0. The van der Waals surface area contributed by atoms with Crippen molar-refractivity contribution >= 4 is 22.6 Å². The highest BCUT2D eigenvalue weighted by atomic mass is 16.1. The second kappa shape index (κ2) is 6.55. The van der Waals surface area contributed by atoms with E-state index in [0.717, 1.165) is 47.4 Å². The van der Waals surface area contributed by atoms with E-state index in [0.29, 0.717) is 0 Å². The number of hydrogen-bond acceptors (Lipinski definition) is 2. The molecule has 25 heavy (non-hydrogen) atoms. The van der Waals surface area contributed by atoms with E-state index < -0.39 is 0 Å². The molecule has 1 amide bonds. The molecule has 126 valence electrons. The predicted molar refractivity (Wildman–Crippen MR) is 101 cm³/mol. The summed E-state index contributed by atoms with van der Waals surface area (Å²) in [6.45, 7) is 0. The maximum Gasteiger partial charge on any atom is 0.227 e. The number of aryl methyl sites for hydroxylation is 1. The van der Waals surface area contributed by atoms with Gasteiger partial charge in [-0.1, -0.05) is 24.3 Å². The summed E-state index contributed by atoms with van der Waals surface area (Å²) in [5.41, 5.74) is 3.97. The van der Waals surface area contributed by atoms with Crippen LogP contribution in [0, 0.1) is 5.92 Å². The number of imidazole rings is 1. The van der Waals surface area contributed by atoms with Crippen molar-refractivity contribution in [3.8, 4) is 11.4 Å². The molecule has 0 saturated carbocycles. The Kier molecular flexibility index (Phi) is 4.10. The topological polar surface area (TPSA) is 46.9 Å². The second-order valence-electron chi connectivity index (χ2n) is 6.53. The minimum Gasteiger partial charge on any atom is -0.327 e. The fraction of sp³-hybridized carbons (Fsp3) is 0.238. The number of rotatable bonds is 3. The van der Waals surface area contributed by atoms with Crippen LogP contribution in [0.5, 0.6) is 0 Å². The van der Waals surface area contributed by atoms with Gasteiger partial charge in [0.2, 0.25) is 5.91 Å². The number of nitrogens with zero attached hydrogens (tertiary/aromatic N) is 2. The summed E-state index contributed by atoms with van der Waals surface area (Å²) in [6.07, 6.45) is 7.01. The molecule has 1 aliphatic carbocycles. The molecule has 1 aliphatic rings. The van der Waals surface area contributed by atoms with Gasteiger partial charge in [0.1, 0.15) is 5.82 Å². The molecule has 1 aromatic heterocycles. The Labute approximate surface area is 147 Å². The quantitative estimate of drug-likeness (QED) is 0.717. The zero-order chi connectivity index (χ0) is 17.2. The van der Waals surface area contributed by atoms with Gasteiger partial charge >= 0.3 is 0 Å². The van der Waals surface area contributed by atoms with Crippen LogP contribution in [0.2, 0.25) is 0 Å². The molecule has 0 aliphatic heterocycles. The maximum atomic E-state index is 12.3. The third-order valence-electron chi connectivity index (χ3n) is 4.84. The van der Waals surface area contributed by atoms with Crippen LogP contribution in [0.25, 0.3) is 22.4 Å². The SMILES string of the molecule is Cn1c(-c2ccc(NC(=O)C3CC=CCC3)cc2)nc2ccccc21. The van der Waals surface area contributed by atoms with Crippen molar-refractivity contribution in [3.05, 3.63) is 60.7 Å². The molecule has 1 N–H and O–H groups in total. The first kappa shape index (κ1) is 15.6. The van der Waals surface area contributed by atoms with Crippen molar-refractivity contribution in [2.45, 2.75) is 19.3 Å². The van der Waals surface area contributed by atoms with Gasteiger partial charge in [0, 0.05) is 24.2 Å². The third kappa shape index (κ3) is 3.07. The van der Waals surface area contributed by atoms with Gasteiger partial charge in [-0.15, -0.1) is 0 Å². The normalized spacial score (nSPS) is 16.9. The Bertz CT molecular complexity index is 937. The van der Waals surface area contributed by atoms with Crippen LogP contribution in [0.3, 0.4) is 0 Å². The fourth-order valence-corrected chi connectivity index (χ4v) is 3.38. The smallest absolute Gasteiger partial charge is 0.227 e. The molecular formula is C21H21N3O. The monoisotopic (exact) mass is 331 g/mol. The number of para-hydroxylation sites is 2. The summed E-state index contributed by atoms with van der Waals surface area (Å²) in [6, 6.07) is 16.0. The summed E-state index contributed by atoms with van der Waals surface area (Å²) in [7, 11) is 2.02. The molecule has 1 atom stereocenters. The standard InChI is InChI=1S/C21H21N3O/c1-24-19-10-6-5-9-18(19)23-20(24)15-11-13-17(14-12-15)22-21(25)16-7-3-2-4-8-16/h2-3,5-6,9-14,16H,4,7-8H2,1H3,(H,22,25). The van der Waals surface area contributed by atoms with Crippen LogP contribution in [-0.2, 0) is 11.8 Å². The van der Waals surface area contributed by atoms with E-state index in [1.54, 1.807) is 0 Å². The molecular weight excluding hydrogens is 310 g/mol. The van der Waals surface area contributed by atoms with Gasteiger partial charge in [-0.3, -0.25) is 4.79 Å². The number of carbonyl (C=O) groups is 1. The average molecular weight is 331 g/mol. The number of carbonyl (C=O) groups excluding carboxylic acids is 1. The van der Waals surface area contributed by atoms with Crippen LogP contribution < -0.4 is 5.32 Å². The number of benzene rings is 2. The lowest BCUT2D eigenvalue weighted by Gasteiger charge is -2.17. The molecule has 2 aromatic carbocycles. The lowest BCUT2D eigenvalue weighted by molar-refractivity contribution is -0.120. The zero-order valence-corrected chi connectivity index (χ0v) is 14.3. The number of hydrogen-bond donors (Lipinski definition) is 1. The fourth-order valence-electron chi connectivity index (χ4n) is 3.38. The van der Waals surface area contributed by atoms with Gasteiger partial charge in [-0.05, 0) is 55.7 Å². The van der Waals surface area contributed by atoms with Gasteiger partial charge in [0.05, 0.1) is 11.0 Å². The Morgan fingerprint density at radius 1 is 1.12 bits per heavy atom. The third-order valence-corrected chi connectivity index (χ3v) is 4.84. The molecule has 1 heterocycles. The molecule has 0 spiro atoms. The molecule has 1 unspecified atom stereocenters. The summed E-state index contributed by atoms with van der Waals surface area (Å²) in [5.74, 6) is 1.13. The van der Waals surface area contributed by atoms with Gasteiger partial charge in [-0.25, -0.2) is 4.98 Å². The Hall–Kier alpha value is -2.88. The highest BCUT2D eigenvalue weighted by Crippen LogP contribution is 2.25. The van der Waals surface area contributed by atoms with Crippen molar-refractivity contribution in [2.75, 3.05) is 5.32 Å². The number of allylic oxidation sites excluding steroid dienone is 2. The molecule has 4 rings (SSSR count). The van der Waals surface area contributed by atoms with Crippen LogP contribution in [0.15, 0.2) is 60.7 Å². The lowest BCUT2D eigenvalue weighted by atomic mass is 9.93. The molecule has 4 nitrogen and oxygen atoms in total. The highest BCUT2D eigenvalue weighted by Gasteiger charge is 2.18. The zero-order valence-electron chi connectivity index (χ0n) is 14.3. The Morgan fingerprint density at radius 3 is 2.64 bits per heavy atom. The van der Waals surface area contributed by atoms with E-state index >= 15 is 0 Å². The van der Waals surface area contributed by atoms with Crippen LogP contribution in [0.4, 0.5) is 5.69 Å². The van der Waals surface area contributed by atoms with Crippen molar-refractivity contribution in [1.29, 1.82) is 0 Å². The van der Waals surface area contributed by atoms with Gasteiger partial charge in [-0.2, -0.15) is 0 Å². The van der Waals surface area contributed by atoms with Crippen molar-refractivity contribution in [2.24, 2.45) is 13.0 Å². The first-order chi connectivity index (χ1) is 12.2. The van der Waals surface area contributed by atoms with Crippen molar-refractivity contribution in [1.82, 2.24) is 9.55 Å². The maximum absolute atomic E-state index is 12.3. The largest absolute Gasteiger partial charge is 0.327 e. The highest BCUT2D eigenvalue weighted by molar-refractivity contribution is 5.93. The first-order valence-electron chi connectivity index (χ1n) is 8.70. The predicted octanol–water partition coefficient (Wildman–Crippen LogP) is 4.54. The summed E-state index contributed by atoms with van der Waals surface area (Å²) < 4.78 is 2.09. The van der Waals surface area contributed by atoms with Gasteiger partial charge < -0.3 is 9.88 Å². The van der Waals surface area contributed by atoms with Crippen molar-refractivity contribution < 1.29 is 4.79 Å². The molecule has 3 aromatic rings. The van der Waals surface area contributed by atoms with E-state index in [-0.39, 0.29) is 11.8 Å². The van der Waals surface area contributed by atoms with Gasteiger partial charge in [0.15, 0.2) is 0 Å². The van der Waals surface area contributed by atoms with Crippen LogP contribution in [0.1, 0.15) is 19.3 Å². The number of aromatic nitrogens is 2. The first-order valence-corrected chi connectivity index (χ1v) is 8.70. The Balaban J connectivity index is 1.54. The molecule has 0 bridgehead atoms. The number of nitrogens with one attached hydrogen (secondary N) is 1. The number of fused-ring (bicyclic) bond motifs is 1. The van der Waals surface area contributed by atoms with E-state index in [4.69, 9.17) is 4.98 Å². The minimum absolute atomic E-state index is 0.0875. The molecule has 0 radical (unpaired) electrons. The van der Waals surface area contributed by atoms with Crippen LogP contribution >= 0.6 is 0 Å². The molecule has 0 fully saturated rings. The van der Waals surface area contributed by atoms with E-state index in [2.05, 4.69) is 28.1 Å². The van der Waals surface area contributed by atoms with Crippen LogP contribution in [-0.4, -0.2) is 15.5 Å². The molecule has 4 heteroatoms. The second-order valence-corrected chi connectivity index (χ2v) is 6.53. The number of anilines is 1. The Morgan fingerprint density at radius 2 is 1.92 bits per heavy atom. The van der Waals surface area contributed by atoms with E-state index in [1.165, 1.54) is 0 Å². The molecule has 0 saturated heterocycles. The summed E-state index contributed by atoms with van der Waals surface area (Å²) in [4.78, 5) is 17.0. The number of amides is 1. The van der Waals surface area contributed by atoms with E-state index in [1.807, 2.05) is 49.5 Å².